The number of benzene rings is 2. The van der Waals surface area contributed by atoms with Crippen LogP contribution in [0.25, 0.3) is 0 Å². The van der Waals surface area contributed by atoms with Crippen LogP contribution in [0.15, 0.2) is 46.8 Å². The third-order valence-corrected chi connectivity index (χ3v) is 5.88. The summed E-state index contributed by atoms with van der Waals surface area (Å²) in [5, 5.41) is 3.36. The maximum Gasteiger partial charge on any atom is 0.212 e. The van der Waals surface area contributed by atoms with Gasteiger partial charge in [-0.15, -0.1) is 28.3 Å². The average Bonchev–Trinajstić information content (AvgIpc) is 3.17. The van der Waals surface area contributed by atoms with Gasteiger partial charge in [-0.25, -0.2) is 9.98 Å². The number of hydrogen-bond donors (Lipinski definition) is 0. The molecule has 7 heteroatoms. The van der Waals surface area contributed by atoms with Gasteiger partial charge >= 0.3 is 0 Å². The Balaban J connectivity index is 0.00000320. The maximum atomic E-state index is 12.6. The SMILES string of the molecule is Br.CCN(C)C=Nc1cc(C)c(Cc2nc(C(=O)c3ccc(Cl)cc3)cs2)cc1C. The van der Waals surface area contributed by atoms with Gasteiger partial charge in [0, 0.05) is 36.0 Å². The first kappa shape index (κ1) is 24.3. The van der Waals surface area contributed by atoms with Gasteiger partial charge in [-0.05, 0) is 67.8 Å². The van der Waals surface area contributed by atoms with Gasteiger partial charge in [-0.3, -0.25) is 4.79 Å². The van der Waals surface area contributed by atoms with Gasteiger partial charge < -0.3 is 4.90 Å². The van der Waals surface area contributed by atoms with Gasteiger partial charge in [0.2, 0.25) is 5.78 Å². The van der Waals surface area contributed by atoms with E-state index < -0.39 is 0 Å². The molecular formula is C23H25BrClN3OS. The van der Waals surface area contributed by atoms with E-state index in [0.717, 1.165) is 22.8 Å². The van der Waals surface area contributed by atoms with E-state index in [1.165, 1.54) is 22.5 Å². The van der Waals surface area contributed by atoms with Crippen LogP contribution in [0.1, 0.15) is 44.7 Å². The van der Waals surface area contributed by atoms with Gasteiger partial charge in [0.15, 0.2) is 0 Å². The molecule has 1 aromatic heterocycles. The molecule has 0 aliphatic rings. The summed E-state index contributed by atoms with van der Waals surface area (Å²) in [4.78, 5) is 23.8. The fourth-order valence-corrected chi connectivity index (χ4v) is 3.76. The number of aromatic nitrogens is 1. The summed E-state index contributed by atoms with van der Waals surface area (Å²) < 4.78 is 0. The molecule has 0 atom stereocenters. The summed E-state index contributed by atoms with van der Waals surface area (Å²) in [6, 6.07) is 11.2. The van der Waals surface area contributed by atoms with Gasteiger partial charge in [-0.1, -0.05) is 17.7 Å². The summed E-state index contributed by atoms with van der Waals surface area (Å²) in [6.45, 7) is 7.16. The summed E-state index contributed by atoms with van der Waals surface area (Å²) in [5.41, 5.74) is 5.54. The van der Waals surface area contributed by atoms with E-state index in [9.17, 15) is 4.79 Å². The van der Waals surface area contributed by atoms with E-state index in [1.54, 1.807) is 24.3 Å². The Kier molecular flexibility index (Phi) is 8.77. The first-order valence-corrected chi connectivity index (χ1v) is 10.7. The third kappa shape index (κ3) is 6.00. The smallest absolute Gasteiger partial charge is 0.212 e. The van der Waals surface area contributed by atoms with Crippen molar-refractivity contribution in [3.05, 3.63) is 79.8 Å². The van der Waals surface area contributed by atoms with Crippen molar-refractivity contribution in [3.63, 3.8) is 0 Å². The van der Waals surface area contributed by atoms with Gasteiger partial charge in [-0.2, -0.15) is 0 Å². The molecule has 158 valence electrons. The van der Waals surface area contributed by atoms with Crippen molar-refractivity contribution in [3.8, 4) is 0 Å². The van der Waals surface area contributed by atoms with E-state index in [4.69, 9.17) is 11.6 Å². The van der Waals surface area contributed by atoms with Crippen LogP contribution in [-0.4, -0.2) is 35.6 Å². The quantitative estimate of drug-likeness (QED) is 0.211. The summed E-state index contributed by atoms with van der Waals surface area (Å²) in [6.07, 6.45) is 2.56. The van der Waals surface area contributed by atoms with Gasteiger partial charge in [0.25, 0.3) is 0 Å². The minimum atomic E-state index is -0.0817. The highest BCUT2D eigenvalue weighted by atomic mass is 79.9. The number of ketones is 1. The number of carbonyl (C=O) groups excluding carboxylic acids is 1. The number of hydrogen-bond acceptors (Lipinski definition) is 4. The normalized spacial score (nSPS) is 10.8. The number of aliphatic imine (C=N–C) groups is 1. The predicted molar refractivity (Wildman–Crippen MR) is 132 cm³/mol. The van der Waals surface area contributed by atoms with E-state index >= 15 is 0 Å². The summed E-state index contributed by atoms with van der Waals surface area (Å²) in [5.74, 6) is -0.0817. The van der Waals surface area contributed by atoms with Crippen molar-refractivity contribution in [1.82, 2.24) is 9.88 Å². The minimum Gasteiger partial charge on any atom is -0.366 e. The van der Waals surface area contributed by atoms with Gasteiger partial charge in [0.1, 0.15) is 5.69 Å². The molecule has 0 N–H and O–H groups in total. The molecule has 0 bridgehead atoms. The van der Waals surface area contributed by atoms with Crippen LogP contribution in [0.4, 0.5) is 5.69 Å². The van der Waals surface area contributed by atoms with E-state index in [2.05, 4.69) is 42.9 Å². The molecule has 3 aromatic rings. The van der Waals surface area contributed by atoms with Crippen LogP contribution in [-0.2, 0) is 6.42 Å². The zero-order chi connectivity index (χ0) is 21.0. The number of thiazole rings is 1. The van der Waals surface area contributed by atoms with Gasteiger partial charge in [0.05, 0.1) is 17.0 Å². The molecule has 0 aliphatic heterocycles. The predicted octanol–water partition coefficient (Wildman–Crippen LogP) is 6.42. The molecule has 4 nitrogen and oxygen atoms in total. The van der Waals surface area contributed by atoms with Crippen molar-refractivity contribution < 1.29 is 4.79 Å². The molecule has 3 rings (SSSR count). The molecule has 0 saturated carbocycles. The van der Waals surface area contributed by atoms with Crippen LogP contribution in [0.3, 0.4) is 0 Å². The Hall–Kier alpha value is -2.02. The molecule has 0 radical (unpaired) electrons. The molecule has 0 amide bonds. The fourth-order valence-electron chi connectivity index (χ4n) is 2.84. The van der Waals surface area contributed by atoms with Crippen molar-refractivity contribution in [1.29, 1.82) is 0 Å². The fraction of sp³-hybridized carbons (Fsp3) is 0.261. The first-order valence-electron chi connectivity index (χ1n) is 9.46. The second kappa shape index (κ2) is 10.8. The lowest BCUT2D eigenvalue weighted by molar-refractivity contribution is 0.103. The molecule has 0 fully saturated rings. The number of rotatable bonds is 7. The number of aryl methyl sites for hydroxylation is 2. The van der Waals surface area contributed by atoms with Crippen LogP contribution in [0.5, 0.6) is 0 Å². The van der Waals surface area contributed by atoms with Crippen LogP contribution >= 0.6 is 39.9 Å². The average molecular weight is 507 g/mol. The molecule has 0 aliphatic carbocycles. The Morgan fingerprint density at radius 1 is 1.20 bits per heavy atom. The van der Waals surface area contributed by atoms with Crippen molar-refractivity contribution >= 4 is 57.7 Å². The number of halogens is 2. The van der Waals surface area contributed by atoms with Crippen molar-refractivity contribution in [2.45, 2.75) is 27.2 Å². The molecule has 1 heterocycles. The Labute approximate surface area is 197 Å². The Bertz CT molecular complexity index is 1050. The first-order chi connectivity index (χ1) is 13.9. The van der Waals surface area contributed by atoms with Crippen molar-refractivity contribution in [2.75, 3.05) is 13.6 Å². The second-order valence-corrected chi connectivity index (χ2v) is 8.40. The zero-order valence-electron chi connectivity index (χ0n) is 17.5. The van der Waals surface area contributed by atoms with Crippen molar-refractivity contribution in [2.24, 2.45) is 4.99 Å². The monoisotopic (exact) mass is 505 g/mol. The maximum absolute atomic E-state index is 12.6. The number of nitrogens with zero attached hydrogens (tertiary/aromatic N) is 3. The molecule has 2 aromatic carbocycles. The molecule has 30 heavy (non-hydrogen) atoms. The van der Waals surface area contributed by atoms with E-state index in [-0.39, 0.29) is 22.8 Å². The zero-order valence-corrected chi connectivity index (χ0v) is 20.8. The van der Waals surface area contributed by atoms with Crippen LogP contribution in [0.2, 0.25) is 5.02 Å². The lowest BCUT2D eigenvalue weighted by Gasteiger charge is -2.11. The molecule has 0 spiro atoms. The Morgan fingerprint density at radius 3 is 2.57 bits per heavy atom. The second-order valence-electron chi connectivity index (χ2n) is 7.02. The molecule has 0 unspecified atom stereocenters. The van der Waals surface area contributed by atoms with E-state index in [1.807, 2.05) is 23.7 Å². The summed E-state index contributed by atoms with van der Waals surface area (Å²) in [7, 11) is 2.01. The third-order valence-electron chi connectivity index (χ3n) is 4.78. The largest absolute Gasteiger partial charge is 0.366 e. The molecular weight excluding hydrogens is 482 g/mol. The lowest BCUT2D eigenvalue weighted by atomic mass is 10.0. The highest BCUT2D eigenvalue weighted by Crippen LogP contribution is 2.26. The Morgan fingerprint density at radius 2 is 1.90 bits per heavy atom. The van der Waals surface area contributed by atoms with Crippen LogP contribution in [0, 0.1) is 13.8 Å². The topological polar surface area (TPSA) is 45.6 Å². The lowest BCUT2D eigenvalue weighted by Crippen LogP contribution is -2.14. The highest BCUT2D eigenvalue weighted by molar-refractivity contribution is 8.93. The minimum absolute atomic E-state index is 0. The number of carbonyl (C=O) groups is 1. The summed E-state index contributed by atoms with van der Waals surface area (Å²) >= 11 is 7.41. The highest BCUT2D eigenvalue weighted by Gasteiger charge is 2.14. The standard InChI is InChI=1S/C23H24ClN3OS.BrH/c1-5-27(4)14-25-20-11-15(2)18(10-16(20)3)12-22-26-21(13-29-22)23(28)17-6-8-19(24)9-7-17;/h6-11,13-14H,5,12H2,1-4H3;1H. The molecule has 0 saturated heterocycles. The van der Waals surface area contributed by atoms with Crippen LogP contribution < -0.4 is 0 Å². The van der Waals surface area contributed by atoms with E-state index in [0.29, 0.717) is 22.7 Å².